The summed E-state index contributed by atoms with van der Waals surface area (Å²) < 4.78 is 10.3. The van der Waals surface area contributed by atoms with Crippen LogP contribution in [-0.4, -0.2) is 37.7 Å². The largest absolute Gasteiger partial charge is 0.495 e. The molecule has 0 aliphatic rings. The summed E-state index contributed by atoms with van der Waals surface area (Å²) in [5.74, 6) is -1.59. The summed E-state index contributed by atoms with van der Waals surface area (Å²) in [5, 5.41) is 6.15. The molecule has 0 unspecified atom stereocenters. The predicted molar refractivity (Wildman–Crippen MR) is 98.5 cm³/mol. The van der Waals surface area contributed by atoms with Crippen LogP contribution in [0.25, 0.3) is 0 Å². The Labute approximate surface area is 155 Å². The highest BCUT2D eigenvalue weighted by atomic mass is 16.5. The molecule has 0 saturated heterocycles. The van der Waals surface area contributed by atoms with Gasteiger partial charge in [-0.1, -0.05) is 24.3 Å². The Kier molecular flexibility index (Phi) is 6.89. The third kappa shape index (κ3) is 6.16. The quantitative estimate of drug-likeness (QED) is 0.374. The average molecular weight is 370 g/mol. The van der Waals surface area contributed by atoms with E-state index in [1.54, 1.807) is 48.5 Å². The van der Waals surface area contributed by atoms with E-state index in [2.05, 4.69) is 15.8 Å². The molecular formula is C18H18N4O5. The second-order valence-corrected chi connectivity index (χ2v) is 5.18. The highest BCUT2D eigenvalue weighted by Crippen LogP contribution is 2.22. The summed E-state index contributed by atoms with van der Waals surface area (Å²) in [7, 11) is 1.45. The maximum Gasteiger partial charge on any atom is 0.329 e. The van der Waals surface area contributed by atoms with Gasteiger partial charge in [0.15, 0.2) is 6.61 Å². The monoisotopic (exact) mass is 370 g/mol. The van der Waals surface area contributed by atoms with E-state index in [4.69, 9.17) is 15.2 Å². The Balaban J connectivity index is 1.91. The molecule has 9 heteroatoms. The van der Waals surface area contributed by atoms with Gasteiger partial charge in [-0.05, 0) is 29.8 Å². The Morgan fingerprint density at radius 3 is 2.63 bits per heavy atom. The maximum absolute atomic E-state index is 11.9. The van der Waals surface area contributed by atoms with Crippen LogP contribution in [0.15, 0.2) is 53.6 Å². The van der Waals surface area contributed by atoms with Crippen LogP contribution >= 0.6 is 0 Å². The Bertz CT molecular complexity index is 866. The van der Waals surface area contributed by atoms with Crippen LogP contribution in [0.2, 0.25) is 0 Å². The molecule has 2 rings (SSSR count). The molecule has 0 saturated carbocycles. The SMILES string of the molecule is COc1ccccc1NC(=O)C(=O)N/N=C\c1cccc(OCC(N)=O)c1. The number of amides is 3. The van der Waals surface area contributed by atoms with Gasteiger partial charge in [0.1, 0.15) is 11.5 Å². The van der Waals surface area contributed by atoms with Gasteiger partial charge in [0, 0.05) is 0 Å². The molecule has 140 valence electrons. The van der Waals surface area contributed by atoms with Gasteiger partial charge in [-0.15, -0.1) is 0 Å². The lowest BCUT2D eigenvalue weighted by Crippen LogP contribution is -2.32. The fraction of sp³-hybridized carbons (Fsp3) is 0.111. The zero-order chi connectivity index (χ0) is 19.6. The first-order chi connectivity index (χ1) is 13.0. The highest BCUT2D eigenvalue weighted by molar-refractivity contribution is 6.39. The minimum absolute atomic E-state index is 0.250. The minimum Gasteiger partial charge on any atom is -0.495 e. The third-order valence-corrected chi connectivity index (χ3v) is 3.18. The number of benzene rings is 2. The molecule has 4 N–H and O–H groups in total. The number of para-hydroxylation sites is 2. The summed E-state index contributed by atoms with van der Waals surface area (Å²) in [6, 6.07) is 13.3. The third-order valence-electron chi connectivity index (χ3n) is 3.18. The molecule has 3 amide bonds. The number of primary amides is 1. The molecule has 0 aromatic heterocycles. The van der Waals surface area contributed by atoms with Crippen molar-refractivity contribution in [2.24, 2.45) is 10.8 Å². The van der Waals surface area contributed by atoms with Crippen molar-refractivity contribution in [2.45, 2.75) is 0 Å². The van der Waals surface area contributed by atoms with Gasteiger partial charge in [-0.2, -0.15) is 5.10 Å². The van der Waals surface area contributed by atoms with Crippen LogP contribution in [0.3, 0.4) is 0 Å². The number of hydrogen-bond acceptors (Lipinski definition) is 6. The van der Waals surface area contributed by atoms with Crippen molar-refractivity contribution in [3.05, 3.63) is 54.1 Å². The first kappa shape index (κ1) is 19.4. The molecule has 2 aromatic carbocycles. The molecule has 0 heterocycles. The van der Waals surface area contributed by atoms with Crippen molar-refractivity contribution in [3.8, 4) is 11.5 Å². The van der Waals surface area contributed by atoms with Crippen LogP contribution in [0.1, 0.15) is 5.56 Å². The lowest BCUT2D eigenvalue weighted by Gasteiger charge is -2.08. The molecule has 27 heavy (non-hydrogen) atoms. The van der Waals surface area contributed by atoms with E-state index in [0.29, 0.717) is 22.7 Å². The lowest BCUT2D eigenvalue weighted by atomic mass is 10.2. The van der Waals surface area contributed by atoms with Crippen molar-refractivity contribution in [2.75, 3.05) is 19.0 Å². The fourth-order valence-corrected chi connectivity index (χ4v) is 1.98. The summed E-state index contributed by atoms with van der Waals surface area (Å²) in [5.41, 5.74) is 8.08. The predicted octanol–water partition coefficient (Wildman–Crippen LogP) is 0.648. The number of carbonyl (C=O) groups excluding carboxylic acids is 3. The van der Waals surface area contributed by atoms with Crippen molar-refractivity contribution in [1.29, 1.82) is 0 Å². The number of nitrogens with one attached hydrogen (secondary N) is 2. The first-order valence-electron chi connectivity index (χ1n) is 7.78. The Morgan fingerprint density at radius 2 is 1.89 bits per heavy atom. The van der Waals surface area contributed by atoms with Crippen molar-refractivity contribution >= 4 is 29.6 Å². The highest BCUT2D eigenvalue weighted by Gasteiger charge is 2.14. The van der Waals surface area contributed by atoms with E-state index in [1.165, 1.54) is 13.3 Å². The van der Waals surface area contributed by atoms with E-state index in [1.807, 2.05) is 0 Å². The summed E-state index contributed by atoms with van der Waals surface area (Å²) in [6.07, 6.45) is 1.32. The van der Waals surface area contributed by atoms with Crippen LogP contribution in [0, 0.1) is 0 Å². The van der Waals surface area contributed by atoms with E-state index in [9.17, 15) is 14.4 Å². The van der Waals surface area contributed by atoms with E-state index in [-0.39, 0.29) is 6.61 Å². The van der Waals surface area contributed by atoms with E-state index >= 15 is 0 Å². The maximum atomic E-state index is 11.9. The van der Waals surface area contributed by atoms with Gasteiger partial charge >= 0.3 is 11.8 Å². The summed E-state index contributed by atoms with van der Waals surface area (Å²) in [6.45, 7) is -0.250. The average Bonchev–Trinajstić information content (AvgIpc) is 2.67. The number of nitrogens with two attached hydrogens (primary N) is 1. The van der Waals surface area contributed by atoms with Crippen molar-refractivity contribution in [1.82, 2.24) is 5.43 Å². The minimum atomic E-state index is -0.946. The number of anilines is 1. The van der Waals surface area contributed by atoms with Crippen LogP contribution in [-0.2, 0) is 14.4 Å². The molecular weight excluding hydrogens is 352 g/mol. The number of hydrogen-bond donors (Lipinski definition) is 3. The molecule has 0 bridgehead atoms. The van der Waals surface area contributed by atoms with Gasteiger partial charge in [0.05, 0.1) is 19.0 Å². The number of methoxy groups -OCH3 is 1. The standard InChI is InChI=1S/C18H18N4O5/c1-26-15-8-3-2-7-14(15)21-17(24)18(25)22-20-10-12-5-4-6-13(9-12)27-11-16(19)23/h2-10H,11H2,1H3,(H2,19,23)(H,21,24)(H,22,25)/b20-10-. The van der Waals surface area contributed by atoms with Crippen molar-refractivity contribution in [3.63, 3.8) is 0 Å². The number of rotatable bonds is 7. The van der Waals surface area contributed by atoms with Gasteiger partial charge in [0.2, 0.25) is 0 Å². The number of ether oxygens (including phenoxy) is 2. The molecule has 0 atom stereocenters. The normalized spacial score (nSPS) is 10.3. The second kappa shape index (κ2) is 9.56. The number of hydrazone groups is 1. The summed E-state index contributed by atoms with van der Waals surface area (Å²) >= 11 is 0. The topological polar surface area (TPSA) is 132 Å². The fourth-order valence-electron chi connectivity index (χ4n) is 1.98. The second-order valence-electron chi connectivity index (χ2n) is 5.18. The van der Waals surface area contributed by atoms with Crippen LogP contribution in [0.4, 0.5) is 5.69 Å². The molecule has 0 aliphatic heterocycles. The Hall–Kier alpha value is -3.88. The number of nitrogens with zero attached hydrogens (tertiary/aromatic N) is 1. The zero-order valence-electron chi connectivity index (χ0n) is 14.5. The number of carbonyl (C=O) groups is 3. The van der Waals surface area contributed by atoms with Crippen LogP contribution < -0.4 is 25.9 Å². The molecule has 0 radical (unpaired) electrons. The van der Waals surface area contributed by atoms with Crippen molar-refractivity contribution < 1.29 is 23.9 Å². The molecule has 0 fully saturated rings. The first-order valence-corrected chi connectivity index (χ1v) is 7.78. The molecule has 0 aliphatic carbocycles. The Morgan fingerprint density at radius 1 is 1.11 bits per heavy atom. The van der Waals surface area contributed by atoms with E-state index in [0.717, 1.165) is 0 Å². The molecule has 9 nitrogen and oxygen atoms in total. The zero-order valence-corrected chi connectivity index (χ0v) is 14.5. The van der Waals surface area contributed by atoms with Gasteiger partial charge in [-0.3, -0.25) is 14.4 Å². The van der Waals surface area contributed by atoms with Gasteiger partial charge < -0.3 is 20.5 Å². The lowest BCUT2D eigenvalue weighted by molar-refractivity contribution is -0.136. The van der Waals surface area contributed by atoms with Crippen LogP contribution in [0.5, 0.6) is 11.5 Å². The van der Waals surface area contributed by atoms with E-state index < -0.39 is 17.7 Å². The van der Waals surface area contributed by atoms with Gasteiger partial charge in [0.25, 0.3) is 5.91 Å². The van der Waals surface area contributed by atoms with Gasteiger partial charge in [-0.25, -0.2) is 5.43 Å². The molecule has 2 aromatic rings. The smallest absolute Gasteiger partial charge is 0.329 e. The molecule has 0 spiro atoms. The summed E-state index contributed by atoms with van der Waals surface area (Å²) in [4.78, 5) is 34.5.